The molecule has 0 aliphatic heterocycles. The second-order valence-corrected chi connectivity index (χ2v) is 4.45. The van der Waals surface area contributed by atoms with Gasteiger partial charge in [-0.2, -0.15) is 0 Å². The van der Waals surface area contributed by atoms with Gasteiger partial charge in [-0.1, -0.05) is 0 Å². The Morgan fingerprint density at radius 1 is 1.53 bits per heavy atom. The topological polar surface area (TPSA) is 46.5 Å². The maximum absolute atomic E-state index is 10.9. The van der Waals surface area contributed by atoms with Crippen LogP contribution in [0.1, 0.15) is 9.67 Å². The summed E-state index contributed by atoms with van der Waals surface area (Å²) in [6.45, 7) is 0. The number of rotatable bonds is 2. The number of benzene rings is 1. The molecule has 0 aliphatic carbocycles. The number of aromatic carboxylic acids is 1. The van der Waals surface area contributed by atoms with Crippen molar-refractivity contribution in [2.75, 3.05) is 7.11 Å². The molecule has 78 valence electrons. The van der Waals surface area contributed by atoms with Crippen LogP contribution in [0.5, 0.6) is 5.75 Å². The lowest BCUT2D eigenvalue weighted by atomic mass is 10.2. The maximum atomic E-state index is 10.9. The largest absolute Gasteiger partial charge is 0.497 e. The summed E-state index contributed by atoms with van der Waals surface area (Å²) in [6.07, 6.45) is 0. The van der Waals surface area contributed by atoms with E-state index in [1.54, 1.807) is 19.2 Å². The lowest BCUT2D eigenvalue weighted by molar-refractivity contribution is 0.0699. The summed E-state index contributed by atoms with van der Waals surface area (Å²) in [6, 6.07) is 5.43. The Morgan fingerprint density at radius 3 is 2.87 bits per heavy atom. The highest BCUT2D eigenvalue weighted by atomic mass is 32.1. The zero-order chi connectivity index (χ0) is 11.0. The number of thiol groups is 1. The van der Waals surface area contributed by atoms with E-state index in [1.807, 2.05) is 6.07 Å². The van der Waals surface area contributed by atoms with Crippen LogP contribution in [0.2, 0.25) is 0 Å². The molecule has 1 aromatic carbocycles. The minimum Gasteiger partial charge on any atom is -0.497 e. The summed E-state index contributed by atoms with van der Waals surface area (Å²) in [4.78, 5) is 11.6. The van der Waals surface area contributed by atoms with Gasteiger partial charge in [0, 0.05) is 15.0 Å². The first-order valence-electron chi connectivity index (χ1n) is 4.16. The van der Waals surface area contributed by atoms with Crippen LogP contribution in [0.15, 0.2) is 23.1 Å². The quantitative estimate of drug-likeness (QED) is 0.793. The van der Waals surface area contributed by atoms with Crippen molar-refractivity contribution in [3.8, 4) is 5.75 Å². The van der Waals surface area contributed by atoms with E-state index >= 15 is 0 Å². The molecule has 0 fully saturated rings. The van der Waals surface area contributed by atoms with Gasteiger partial charge >= 0.3 is 5.97 Å². The molecule has 0 radical (unpaired) electrons. The summed E-state index contributed by atoms with van der Waals surface area (Å²) in [5.41, 5.74) is 0. The Balaban J connectivity index is 2.72. The van der Waals surface area contributed by atoms with E-state index in [2.05, 4.69) is 12.6 Å². The molecule has 0 atom stereocenters. The molecule has 1 N–H and O–H groups in total. The number of methoxy groups -OCH3 is 1. The predicted octanol–water partition coefficient (Wildman–Crippen LogP) is 2.90. The summed E-state index contributed by atoms with van der Waals surface area (Å²) < 4.78 is 5.97. The van der Waals surface area contributed by atoms with Gasteiger partial charge in [0.1, 0.15) is 10.6 Å². The minimum atomic E-state index is -0.944. The fourth-order valence-electron chi connectivity index (χ4n) is 1.34. The van der Waals surface area contributed by atoms with E-state index in [0.29, 0.717) is 10.6 Å². The highest BCUT2D eigenvalue weighted by molar-refractivity contribution is 7.81. The molecule has 5 heteroatoms. The number of carboxylic acids is 1. The van der Waals surface area contributed by atoms with Crippen molar-refractivity contribution in [2.24, 2.45) is 0 Å². The predicted molar refractivity (Wildman–Crippen MR) is 62.6 cm³/mol. The standard InChI is InChI=1S/C10H8O3S2/c1-13-5-2-3-7-6(4-5)8(14)9(15-7)10(11)12/h2-4,14H,1H3,(H,11,12). The van der Waals surface area contributed by atoms with Crippen LogP contribution in [0.3, 0.4) is 0 Å². The summed E-state index contributed by atoms with van der Waals surface area (Å²) >= 11 is 5.43. The molecule has 0 aliphatic rings. The smallest absolute Gasteiger partial charge is 0.347 e. The summed E-state index contributed by atoms with van der Waals surface area (Å²) in [5, 5.41) is 9.74. The highest BCUT2D eigenvalue weighted by Gasteiger charge is 2.15. The van der Waals surface area contributed by atoms with Crippen LogP contribution in [-0.2, 0) is 0 Å². The van der Waals surface area contributed by atoms with Crippen LogP contribution in [0.25, 0.3) is 10.1 Å². The number of ether oxygens (including phenoxy) is 1. The number of thiophene rings is 1. The van der Waals surface area contributed by atoms with Gasteiger partial charge in [0.15, 0.2) is 0 Å². The van der Waals surface area contributed by atoms with Crippen molar-refractivity contribution in [1.29, 1.82) is 0 Å². The lowest BCUT2D eigenvalue weighted by Gasteiger charge is -1.98. The molecule has 0 bridgehead atoms. The number of hydrogen-bond donors (Lipinski definition) is 2. The fraction of sp³-hybridized carbons (Fsp3) is 0.100. The molecule has 0 saturated carbocycles. The number of fused-ring (bicyclic) bond motifs is 1. The first kappa shape index (κ1) is 10.3. The Hall–Kier alpha value is -1.20. The molecule has 0 amide bonds. The molecule has 2 rings (SSSR count). The van der Waals surface area contributed by atoms with Gasteiger partial charge in [-0.3, -0.25) is 0 Å². The van der Waals surface area contributed by atoms with Crippen LogP contribution in [0.4, 0.5) is 0 Å². The SMILES string of the molecule is COc1ccc2sc(C(=O)O)c(S)c2c1. The van der Waals surface area contributed by atoms with Crippen molar-refractivity contribution in [1.82, 2.24) is 0 Å². The minimum absolute atomic E-state index is 0.265. The van der Waals surface area contributed by atoms with E-state index in [1.165, 1.54) is 11.3 Å². The van der Waals surface area contributed by atoms with E-state index in [-0.39, 0.29) is 4.88 Å². The first-order valence-corrected chi connectivity index (χ1v) is 5.42. The number of carboxylic acid groups (broad SMARTS) is 1. The van der Waals surface area contributed by atoms with Crippen molar-refractivity contribution in [2.45, 2.75) is 4.90 Å². The molecule has 15 heavy (non-hydrogen) atoms. The van der Waals surface area contributed by atoms with Gasteiger partial charge < -0.3 is 9.84 Å². The fourth-order valence-corrected chi connectivity index (χ4v) is 2.75. The van der Waals surface area contributed by atoms with E-state index in [4.69, 9.17) is 9.84 Å². The van der Waals surface area contributed by atoms with E-state index in [0.717, 1.165) is 10.1 Å². The highest BCUT2D eigenvalue weighted by Crippen LogP contribution is 2.35. The van der Waals surface area contributed by atoms with Gasteiger partial charge in [-0.25, -0.2) is 4.79 Å². The second-order valence-electron chi connectivity index (χ2n) is 2.95. The second kappa shape index (κ2) is 3.75. The Kier molecular flexibility index (Phi) is 2.58. The van der Waals surface area contributed by atoms with Crippen molar-refractivity contribution in [3.05, 3.63) is 23.1 Å². The van der Waals surface area contributed by atoms with Crippen molar-refractivity contribution < 1.29 is 14.6 Å². The van der Waals surface area contributed by atoms with E-state index < -0.39 is 5.97 Å². The molecule has 3 nitrogen and oxygen atoms in total. The maximum Gasteiger partial charge on any atom is 0.347 e. The Bertz CT molecular complexity index is 531. The zero-order valence-electron chi connectivity index (χ0n) is 7.85. The molecule has 0 spiro atoms. The van der Waals surface area contributed by atoms with Gasteiger partial charge in [-0.15, -0.1) is 24.0 Å². The van der Waals surface area contributed by atoms with Gasteiger partial charge in [0.2, 0.25) is 0 Å². The number of carbonyl (C=O) groups is 1. The van der Waals surface area contributed by atoms with Crippen LogP contribution in [0, 0.1) is 0 Å². The van der Waals surface area contributed by atoms with Gasteiger partial charge in [0.25, 0.3) is 0 Å². The Morgan fingerprint density at radius 2 is 2.27 bits per heavy atom. The molecular formula is C10H8O3S2. The summed E-state index contributed by atoms with van der Waals surface area (Å²) in [7, 11) is 1.57. The first-order chi connectivity index (χ1) is 7.13. The third-order valence-electron chi connectivity index (χ3n) is 2.06. The zero-order valence-corrected chi connectivity index (χ0v) is 9.56. The summed E-state index contributed by atoms with van der Waals surface area (Å²) in [5.74, 6) is -0.243. The normalized spacial score (nSPS) is 10.5. The third kappa shape index (κ3) is 1.68. The monoisotopic (exact) mass is 240 g/mol. The molecule has 2 aromatic rings. The van der Waals surface area contributed by atoms with Crippen molar-refractivity contribution in [3.63, 3.8) is 0 Å². The molecule has 1 aromatic heterocycles. The van der Waals surface area contributed by atoms with E-state index in [9.17, 15) is 4.79 Å². The van der Waals surface area contributed by atoms with Gasteiger partial charge in [-0.05, 0) is 18.2 Å². The average Bonchev–Trinajstić information content (AvgIpc) is 2.56. The third-order valence-corrected chi connectivity index (χ3v) is 3.84. The van der Waals surface area contributed by atoms with Crippen LogP contribution in [-0.4, -0.2) is 18.2 Å². The van der Waals surface area contributed by atoms with Crippen LogP contribution >= 0.6 is 24.0 Å². The van der Waals surface area contributed by atoms with Crippen molar-refractivity contribution >= 4 is 40.0 Å². The van der Waals surface area contributed by atoms with Gasteiger partial charge in [0.05, 0.1) is 7.11 Å². The molecule has 0 unspecified atom stereocenters. The lowest BCUT2D eigenvalue weighted by Crippen LogP contribution is -1.91. The molecular weight excluding hydrogens is 232 g/mol. The number of hydrogen-bond acceptors (Lipinski definition) is 4. The average molecular weight is 240 g/mol. The Labute approximate surface area is 95.7 Å². The van der Waals surface area contributed by atoms with Crippen LogP contribution < -0.4 is 4.74 Å². The molecule has 1 heterocycles. The molecule has 0 saturated heterocycles.